The molecule has 1 amide bonds. The lowest BCUT2D eigenvalue weighted by Crippen LogP contribution is -2.40. The summed E-state index contributed by atoms with van der Waals surface area (Å²) in [6.07, 6.45) is 0.0282. The van der Waals surface area contributed by atoms with Crippen LogP contribution in [0.4, 0.5) is 10.1 Å². The monoisotopic (exact) mass is 482 g/mol. The zero-order valence-electron chi connectivity index (χ0n) is 19.3. The van der Waals surface area contributed by atoms with Crippen LogP contribution in [0.5, 0.6) is 5.75 Å². The number of ether oxygens (including phenoxy) is 1. The van der Waals surface area contributed by atoms with Gasteiger partial charge in [0.2, 0.25) is 0 Å². The molecule has 0 saturated carbocycles. The summed E-state index contributed by atoms with van der Waals surface area (Å²) < 4.78 is 48.0. The van der Waals surface area contributed by atoms with Crippen molar-refractivity contribution < 1.29 is 22.3 Å². The van der Waals surface area contributed by atoms with E-state index >= 15 is 0 Å². The van der Waals surface area contributed by atoms with E-state index in [-0.39, 0.29) is 23.4 Å². The highest BCUT2D eigenvalue weighted by Crippen LogP contribution is 2.34. The molecule has 0 bridgehead atoms. The van der Waals surface area contributed by atoms with Gasteiger partial charge in [-0.1, -0.05) is 43.3 Å². The zero-order chi connectivity index (χ0) is 24.5. The number of hydrogen-bond acceptors (Lipinski definition) is 4. The van der Waals surface area contributed by atoms with E-state index in [1.54, 1.807) is 36.9 Å². The van der Waals surface area contributed by atoms with Crippen LogP contribution in [0.1, 0.15) is 43.0 Å². The first kappa shape index (κ1) is 23.8. The first-order chi connectivity index (χ1) is 16.2. The molecule has 1 N–H and O–H groups in total. The van der Waals surface area contributed by atoms with Gasteiger partial charge in [0.05, 0.1) is 17.5 Å². The molecule has 0 unspecified atom stereocenters. The number of hydrogen-bond donors (Lipinski definition) is 1. The van der Waals surface area contributed by atoms with Crippen molar-refractivity contribution in [3.8, 4) is 5.75 Å². The van der Waals surface area contributed by atoms with Gasteiger partial charge in [-0.25, -0.2) is 12.8 Å². The number of rotatable bonds is 6. The van der Waals surface area contributed by atoms with Crippen LogP contribution < -0.4 is 9.46 Å². The van der Waals surface area contributed by atoms with Crippen molar-refractivity contribution >= 4 is 21.6 Å². The van der Waals surface area contributed by atoms with Crippen molar-refractivity contribution in [2.45, 2.75) is 50.8 Å². The maximum absolute atomic E-state index is 13.9. The second-order valence-corrected chi connectivity index (χ2v) is 10.1. The standard InChI is InChI=1S/C26H27FN2O4S/c1-4-24(19-8-6-5-7-9-19)29-16-20-14-21(11-13-25(20)33-18(3)26(29)30)28-34(31,32)22-12-10-17(2)23(27)15-22/h5-15,18,24,28H,4,16H2,1-3H3/t18-,24+/m1/s1. The summed E-state index contributed by atoms with van der Waals surface area (Å²) in [7, 11) is -4.00. The van der Waals surface area contributed by atoms with Crippen LogP contribution in [0.25, 0.3) is 0 Å². The van der Waals surface area contributed by atoms with E-state index in [1.165, 1.54) is 12.1 Å². The number of aryl methyl sites for hydroxylation is 1. The maximum atomic E-state index is 13.9. The smallest absolute Gasteiger partial charge is 0.264 e. The Hall–Kier alpha value is -3.39. The highest BCUT2D eigenvalue weighted by atomic mass is 32.2. The summed E-state index contributed by atoms with van der Waals surface area (Å²) in [4.78, 5) is 14.8. The van der Waals surface area contributed by atoms with Crippen LogP contribution in [0.2, 0.25) is 0 Å². The minimum Gasteiger partial charge on any atom is -0.481 e. The van der Waals surface area contributed by atoms with Gasteiger partial charge in [-0.2, -0.15) is 0 Å². The van der Waals surface area contributed by atoms with Crippen molar-refractivity contribution in [1.29, 1.82) is 0 Å². The van der Waals surface area contributed by atoms with E-state index in [1.807, 2.05) is 37.3 Å². The van der Waals surface area contributed by atoms with Crippen LogP contribution in [0, 0.1) is 12.7 Å². The zero-order valence-corrected chi connectivity index (χ0v) is 20.1. The van der Waals surface area contributed by atoms with E-state index in [2.05, 4.69) is 4.72 Å². The summed E-state index contributed by atoms with van der Waals surface area (Å²) in [6, 6.07) is 18.3. The lowest BCUT2D eigenvalue weighted by Gasteiger charge is -2.31. The lowest BCUT2D eigenvalue weighted by atomic mass is 10.0. The number of fused-ring (bicyclic) bond motifs is 1. The Morgan fingerprint density at radius 3 is 2.53 bits per heavy atom. The van der Waals surface area contributed by atoms with Gasteiger partial charge in [-0.15, -0.1) is 0 Å². The molecule has 34 heavy (non-hydrogen) atoms. The Bertz CT molecular complexity index is 1310. The number of anilines is 1. The van der Waals surface area contributed by atoms with Gasteiger partial charge in [0.1, 0.15) is 11.6 Å². The first-order valence-corrected chi connectivity index (χ1v) is 12.6. The van der Waals surface area contributed by atoms with Crippen molar-refractivity contribution in [3.05, 3.63) is 89.2 Å². The van der Waals surface area contributed by atoms with Crippen molar-refractivity contribution in [1.82, 2.24) is 4.90 Å². The normalized spacial score (nSPS) is 16.9. The number of benzene rings is 3. The average Bonchev–Trinajstić information content (AvgIpc) is 2.93. The summed E-state index contributed by atoms with van der Waals surface area (Å²) in [5.41, 5.74) is 2.37. The Kier molecular flexibility index (Phi) is 6.61. The molecule has 178 valence electrons. The summed E-state index contributed by atoms with van der Waals surface area (Å²) in [6.45, 7) is 5.57. The van der Waals surface area contributed by atoms with Crippen LogP contribution >= 0.6 is 0 Å². The summed E-state index contributed by atoms with van der Waals surface area (Å²) in [5.74, 6) is -0.201. The van der Waals surface area contributed by atoms with E-state index in [0.717, 1.165) is 11.6 Å². The number of nitrogens with one attached hydrogen (secondary N) is 1. The molecule has 0 radical (unpaired) electrons. The van der Waals surface area contributed by atoms with Crippen LogP contribution in [0.3, 0.4) is 0 Å². The van der Waals surface area contributed by atoms with E-state index < -0.39 is 21.9 Å². The van der Waals surface area contributed by atoms with E-state index in [9.17, 15) is 17.6 Å². The number of amides is 1. The number of carbonyl (C=O) groups excluding carboxylic acids is 1. The Labute approximate surface area is 199 Å². The van der Waals surface area contributed by atoms with E-state index in [0.29, 0.717) is 29.0 Å². The average molecular weight is 483 g/mol. The van der Waals surface area contributed by atoms with Crippen molar-refractivity contribution in [2.75, 3.05) is 4.72 Å². The molecule has 3 aromatic rings. The fourth-order valence-corrected chi connectivity index (χ4v) is 5.21. The molecule has 1 aliphatic heterocycles. The van der Waals surface area contributed by atoms with Crippen LogP contribution in [-0.2, 0) is 21.4 Å². The van der Waals surface area contributed by atoms with Gasteiger partial charge < -0.3 is 9.64 Å². The minimum absolute atomic E-state index is 0.135. The third-order valence-electron chi connectivity index (χ3n) is 5.99. The molecule has 0 fully saturated rings. The number of halogens is 1. The first-order valence-electron chi connectivity index (χ1n) is 11.1. The summed E-state index contributed by atoms with van der Waals surface area (Å²) >= 11 is 0. The molecule has 0 aromatic heterocycles. The lowest BCUT2D eigenvalue weighted by molar-refractivity contribution is -0.140. The quantitative estimate of drug-likeness (QED) is 0.524. The second kappa shape index (κ2) is 9.46. The van der Waals surface area contributed by atoms with Gasteiger partial charge >= 0.3 is 0 Å². The molecular formula is C26H27FN2O4S. The maximum Gasteiger partial charge on any atom is 0.264 e. The predicted molar refractivity (Wildman–Crippen MR) is 129 cm³/mol. The molecule has 3 aromatic carbocycles. The minimum atomic E-state index is -4.00. The largest absolute Gasteiger partial charge is 0.481 e. The van der Waals surface area contributed by atoms with Gasteiger partial charge in [-0.05, 0) is 61.7 Å². The number of sulfonamides is 1. The van der Waals surface area contributed by atoms with Gasteiger partial charge in [0.25, 0.3) is 15.9 Å². The highest BCUT2D eigenvalue weighted by molar-refractivity contribution is 7.92. The number of nitrogens with zero attached hydrogens (tertiary/aromatic N) is 1. The molecule has 0 saturated heterocycles. The molecule has 0 spiro atoms. The van der Waals surface area contributed by atoms with Gasteiger partial charge in [0.15, 0.2) is 6.10 Å². The molecule has 1 aliphatic rings. The van der Waals surface area contributed by atoms with Crippen LogP contribution in [0.15, 0.2) is 71.6 Å². The van der Waals surface area contributed by atoms with Gasteiger partial charge in [0, 0.05) is 11.3 Å². The molecule has 2 atom stereocenters. The molecule has 8 heteroatoms. The van der Waals surface area contributed by atoms with Gasteiger partial charge in [-0.3, -0.25) is 9.52 Å². The molecule has 4 rings (SSSR count). The number of carbonyl (C=O) groups is 1. The topological polar surface area (TPSA) is 75.7 Å². The molecular weight excluding hydrogens is 455 g/mol. The van der Waals surface area contributed by atoms with Crippen LogP contribution in [-0.4, -0.2) is 25.3 Å². The predicted octanol–water partition coefficient (Wildman–Crippen LogP) is 5.20. The second-order valence-electron chi connectivity index (χ2n) is 8.40. The Balaban J connectivity index is 1.66. The highest BCUT2D eigenvalue weighted by Gasteiger charge is 2.33. The van der Waals surface area contributed by atoms with Crippen molar-refractivity contribution in [3.63, 3.8) is 0 Å². The van der Waals surface area contributed by atoms with E-state index in [4.69, 9.17) is 4.74 Å². The molecule has 6 nitrogen and oxygen atoms in total. The fraction of sp³-hybridized carbons (Fsp3) is 0.269. The molecule has 0 aliphatic carbocycles. The Morgan fingerprint density at radius 2 is 1.85 bits per heavy atom. The summed E-state index contributed by atoms with van der Waals surface area (Å²) in [5, 5.41) is 0. The SMILES string of the molecule is CC[C@@H](c1ccccc1)N1Cc2cc(NS(=O)(=O)c3ccc(C)c(F)c3)ccc2O[C@H](C)C1=O. The Morgan fingerprint density at radius 1 is 1.12 bits per heavy atom. The fourth-order valence-electron chi connectivity index (χ4n) is 4.15. The molecule has 1 heterocycles. The third-order valence-corrected chi connectivity index (χ3v) is 7.37. The van der Waals surface area contributed by atoms with Crippen molar-refractivity contribution in [2.24, 2.45) is 0 Å². The third kappa shape index (κ3) is 4.77.